The molecule has 4 nitrogen and oxygen atoms in total. The minimum Gasteiger partial charge on any atom is -0.480 e. The lowest BCUT2D eigenvalue weighted by molar-refractivity contribution is -0.148. The average Bonchev–Trinajstić information content (AvgIpc) is 3.33. The van der Waals surface area contributed by atoms with Gasteiger partial charge in [-0.25, -0.2) is 4.79 Å². The van der Waals surface area contributed by atoms with E-state index in [0.717, 1.165) is 11.1 Å². The van der Waals surface area contributed by atoms with Crippen LogP contribution in [0, 0.1) is 6.92 Å². The Hall–Kier alpha value is -3.54. The van der Waals surface area contributed by atoms with Crippen LogP contribution in [0.2, 0.25) is 0 Å². The molecule has 2 atom stereocenters. The van der Waals surface area contributed by atoms with E-state index in [1.165, 1.54) is 17.0 Å². The molecule has 0 spiro atoms. The number of aliphatic carboxylic acids is 1. The van der Waals surface area contributed by atoms with Crippen molar-refractivity contribution in [2.75, 3.05) is 6.54 Å². The van der Waals surface area contributed by atoms with Crippen LogP contribution in [-0.4, -0.2) is 34.5 Å². The molecule has 1 aliphatic heterocycles. The molecule has 0 bridgehead atoms. The van der Waals surface area contributed by atoms with E-state index in [1.807, 2.05) is 31.2 Å². The second kappa shape index (κ2) is 7.80. The summed E-state index contributed by atoms with van der Waals surface area (Å²) in [5.74, 6) is -4.46. The van der Waals surface area contributed by atoms with Crippen molar-refractivity contribution in [3.63, 3.8) is 0 Å². The Morgan fingerprint density at radius 1 is 1.00 bits per heavy atom. The van der Waals surface area contributed by atoms with Crippen molar-refractivity contribution in [3.05, 3.63) is 94.5 Å². The SMILES string of the molecule is Cc1ccccc1C1CC(C(=O)O)N(C(=O)Cc2ccc3c(c2)-c2ccccc2C3(F)F)C1. The Labute approximate surface area is 190 Å². The van der Waals surface area contributed by atoms with Crippen molar-refractivity contribution in [3.8, 4) is 11.1 Å². The fourth-order valence-corrected chi connectivity index (χ4v) is 5.23. The Kier molecular flexibility index (Phi) is 5.04. The first-order chi connectivity index (χ1) is 15.8. The number of likely N-dealkylation sites (tertiary alicyclic amines) is 1. The molecule has 1 fully saturated rings. The maximum atomic E-state index is 14.8. The van der Waals surface area contributed by atoms with E-state index in [2.05, 4.69) is 0 Å². The van der Waals surface area contributed by atoms with Gasteiger partial charge in [-0.05, 0) is 41.2 Å². The summed E-state index contributed by atoms with van der Waals surface area (Å²) in [6.07, 6.45) is 0.320. The second-order valence-electron chi connectivity index (χ2n) is 8.87. The predicted octanol–water partition coefficient (Wildman–Crippen LogP) is 5.13. The first-order valence-corrected chi connectivity index (χ1v) is 11.0. The highest BCUT2D eigenvalue weighted by Crippen LogP contribution is 2.51. The number of carboxylic acid groups (broad SMARTS) is 1. The lowest BCUT2D eigenvalue weighted by Crippen LogP contribution is -2.41. The van der Waals surface area contributed by atoms with E-state index in [4.69, 9.17) is 0 Å². The molecule has 1 heterocycles. The van der Waals surface area contributed by atoms with Gasteiger partial charge in [-0.2, -0.15) is 8.78 Å². The molecule has 1 saturated heterocycles. The van der Waals surface area contributed by atoms with Crippen LogP contribution in [-0.2, 0) is 21.9 Å². The smallest absolute Gasteiger partial charge is 0.326 e. The van der Waals surface area contributed by atoms with Crippen LogP contribution in [0.3, 0.4) is 0 Å². The van der Waals surface area contributed by atoms with Gasteiger partial charge in [0, 0.05) is 23.6 Å². The van der Waals surface area contributed by atoms with Crippen LogP contribution < -0.4 is 0 Å². The molecule has 33 heavy (non-hydrogen) atoms. The number of hydrogen-bond donors (Lipinski definition) is 1. The van der Waals surface area contributed by atoms with E-state index < -0.39 is 17.9 Å². The molecule has 1 N–H and O–H groups in total. The summed E-state index contributed by atoms with van der Waals surface area (Å²) in [4.78, 5) is 26.5. The number of halogens is 2. The van der Waals surface area contributed by atoms with Crippen LogP contribution in [0.5, 0.6) is 0 Å². The van der Waals surface area contributed by atoms with E-state index in [0.29, 0.717) is 29.7 Å². The number of aryl methyl sites for hydroxylation is 1. The normalized spacial score (nSPS) is 20.4. The average molecular weight is 447 g/mol. The molecule has 0 aromatic heterocycles. The van der Waals surface area contributed by atoms with E-state index in [1.54, 1.807) is 30.3 Å². The molecule has 1 amide bonds. The van der Waals surface area contributed by atoms with Crippen molar-refractivity contribution in [1.82, 2.24) is 4.90 Å². The molecule has 5 rings (SSSR count). The van der Waals surface area contributed by atoms with Gasteiger partial charge in [-0.1, -0.05) is 66.7 Å². The summed E-state index contributed by atoms with van der Waals surface area (Å²) in [5.41, 5.74) is 3.51. The van der Waals surface area contributed by atoms with Gasteiger partial charge >= 0.3 is 5.97 Å². The highest BCUT2D eigenvalue weighted by Gasteiger charge is 2.44. The quantitative estimate of drug-likeness (QED) is 0.604. The maximum absolute atomic E-state index is 14.8. The highest BCUT2D eigenvalue weighted by molar-refractivity contribution is 5.87. The number of amides is 1. The third-order valence-corrected chi connectivity index (χ3v) is 6.87. The number of carbonyl (C=O) groups is 2. The summed E-state index contributed by atoms with van der Waals surface area (Å²) < 4.78 is 29.6. The minimum absolute atomic E-state index is 0.0324. The third-order valence-electron chi connectivity index (χ3n) is 6.87. The van der Waals surface area contributed by atoms with Gasteiger partial charge in [-0.3, -0.25) is 4.79 Å². The monoisotopic (exact) mass is 447 g/mol. The molecular formula is C27H23F2NO3. The lowest BCUT2D eigenvalue weighted by Gasteiger charge is -2.22. The van der Waals surface area contributed by atoms with Crippen molar-refractivity contribution >= 4 is 11.9 Å². The first-order valence-electron chi connectivity index (χ1n) is 11.0. The van der Waals surface area contributed by atoms with Crippen molar-refractivity contribution < 1.29 is 23.5 Å². The van der Waals surface area contributed by atoms with Gasteiger partial charge in [0.2, 0.25) is 5.91 Å². The number of rotatable bonds is 4. The minimum atomic E-state index is -3.07. The molecular weight excluding hydrogens is 424 g/mol. The summed E-state index contributed by atoms with van der Waals surface area (Å²) in [6, 6.07) is 17.9. The standard InChI is InChI=1S/C27H23F2NO3/c1-16-6-2-3-7-19(16)18-14-24(26(32)33)30(15-18)25(31)13-17-10-11-23-21(12-17)20-8-4-5-9-22(20)27(23,28)29/h2-12,18,24H,13-15H2,1H3,(H,32,33). The molecule has 6 heteroatoms. The van der Waals surface area contributed by atoms with Crippen LogP contribution in [0.15, 0.2) is 66.7 Å². The zero-order chi connectivity index (χ0) is 23.3. The van der Waals surface area contributed by atoms with Crippen molar-refractivity contribution in [2.45, 2.75) is 37.6 Å². The number of alkyl halides is 2. The van der Waals surface area contributed by atoms with Gasteiger partial charge < -0.3 is 10.0 Å². The number of fused-ring (bicyclic) bond motifs is 3. The Bertz CT molecular complexity index is 1270. The molecule has 3 aromatic rings. The summed E-state index contributed by atoms with van der Waals surface area (Å²) in [6.45, 7) is 2.31. The molecule has 2 aliphatic rings. The zero-order valence-electron chi connectivity index (χ0n) is 18.1. The first kappa shape index (κ1) is 21.3. The zero-order valence-corrected chi connectivity index (χ0v) is 18.1. The molecule has 3 aromatic carbocycles. The lowest BCUT2D eigenvalue weighted by atomic mass is 9.93. The van der Waals surface area contributed by atoms with Gasteiger partial charge in [0.15, 0.2) is 0 Å². The fraction of sp³-hybridized carbons (Fsp3) is 0.259. The van der Waals surface area contributed by atoms with Crippen LogP contribution in [0.1, 0.15) is 40.2 Å². The summed E-state index contributed by atoms with van der Waals surface area (Å²) in [5, 5.41) is 9.75. The molecule has 1 aliphatic carbocycles. The fourth-order valence-electron chi connectivity index (χ4n) is 5.23. The highest BCUT2D eigenvalue weighted by atomic mass is 19.3. The van der Waals surface area contributed by atoms with E-state index in [9.17, 15) is 23.5 Å². The number of nitrogens with zero attached hydrogens (tertiary/aromatic N) is 1. The van der Waals surface area contributed by atoms with Crippen molar-refractivity contribution in [2.24, 2.45) is 0 Å². The molecule has 168 valence electrons. The number of carboxylic acids is 1. The summed E-state index contributed by atoms with van der Waals surface area (Å²) >= 11 is 0. The van der Waals surface area contributed by atoms with E-state index >= 15 is 0 Å². The van der Waals surface area contributed by atoms with Crippen LogP contribution >= 0.6 is 0 Å². The number of carbonyl (C=O) groups excluding carboxylic acids is 1. The Balaban J connectivity index is 1.41. The van der Waals surface area contributed by atoms with Crippen molar-refractivity contribution in [1.29, 1.82) is 0 Å². The largest absolute Gasteiger partial charge is 0.480 e. The van der Waals surface area contributed by atoms with E-state index in [-0.39, 0.29) is 29.4 Å². The summed E-state index contributed by atoms with van der Waals surface area (Å²) in [7, 11) is 0. The Morgan fingerprint density at radius 3 is 2.45 bits per heavy atom. The third kappa shape index (κ3) is 3.50. The number of hydrogen-bond acceptors (Lipinski definition) is 2. The van der Waals surface area contributed by atoms with Crippen LogP contribution in [0.25, 0.3) is 11.1 Å². The molecule has 2 unspecified atom stereocenters. The van der Waals surface area contributed by atoms with Crippen LogP contribution in [0.4, 0.5) is 8.78 Å². The second-order valence-corrected chi connectivity index (χ2v) is 8.87. The van der Waals surface area contributed by atoms with Gasteiger partial charge in [0.05, 0.1) is 6.42 Å². The topological polar surface area (TPSA) is 57.6 Å². The van der Waals surface area contributed by atoms with Gasteiger partial charge in [-0.15, -0.1) is 0 Å². The Morgan fingerprint density at radius 2 is 1.70 bits per heavy atom. The molecule has 0 saturated carbocycles. The molecule has 0 radical (unpaired) electrons. The predicted molar refractivity (Wildman–Crippen MR) is 120 cm³/mol. The van der Waals surface area contributed by atoms with Gasteiger partial charge in [0.25, 0.3) is 5.92 Å². The number of benzene rings is 3. The maximum Gasteiger partial charge on any atom is 0.326 e. The van der Waals surface area contributed by atoms with Gasteiger partial charge in [0.1, 0.15) is 6.04 Å².